The second-order valence-corrected chi connectivity index (χ2v) is 16.3. The SMILES string of the molecule is CCC/C(=N\O[C@@H]1C[C@H]2C(=O)N[C@]3(C(=O)NS(=O)(=O)C4CC4)CC3/C=C\CCCCC[C@H](NC(=O)OC3CCC3)C(=O)N2C1)c1ccccc1. The van der Waals surface area contributed by atoms with Gasteiger partial charge in [-0.1, -0.05) is 73.8 Å². The van der Waals surface area contributed by atoms with Crippen molar-refractivity contribution in [1.82, 2.24) is 20.3 Å². The molecule has 0 radical (unpaired) electrons. The third-order valence-electron chi connectivity index (χ3n) is 10.4. The average Bonchev–Trinajstić information content (AvgIpc) is 4.00. The Bertz CT molecular complexity index is 1590. The number of alkyl carbamates (subject to hydrolysis) is 1. The van der Waals surface area contributed by atoms with E-state index in [-0.39, 0.29) is 25.5 Å². The third kappa shape index (κ3) is 8.50. The summed E-state index contributed by atoms with van der Waals surface area (Å²) in [5, 5.41) is 9.53. The summed E-state index contributed by atoms with van der Waals surface area (Å²) in [6, 6.07) is 7.65. The molecule has 272 valence electrons. The van der Waals surface area contributed by atoms with Crippen LogP contribution >= 0.6 is 0 Å². The first-order valence-corrected chi connectivity index (χ1v) is 19.7. The second-order valence-electron chi connectivity index (χ2n) is 14.3. The fraction of sp³-hybridized carbons (Fsp3) is 0.639. The number of sulfonamides is 1. The van der Waals surface area contributed by atoms with Gasteiger partial charge in [0.05, 0.1) is 17.5 Å². The maximum Gasteiger partial charge on any atom is 0.408 e. The van der Waals surface area contributed by atoms with E-state index in [0.717, 1.165) is 56.2 Å². The van der Waals surface area contributed by atoms with Crippen LogP contribution in [0.5, 0.6) is 0 Å². The highest BCUT2D eigenvalue weighted by Crippen LogP contribution is 2.46. The van der Waals surface area contributed by atoms with Crippen molar-refractivity contribution in [3.63, 3.8) is 0 Å². The molecule has 1 unspecified atom stereocenters. The van der Waals surface area contributed by atoms with E-state index in [1.54, 1.807) is 0 Å². The van der Waals surface area contributed by atoms with Crippen LogP contribution < -0.4 is 15.4 Å². The van der Waals surface area contributed by atoms with Gasteiger partial charge >= 0.3 is 6.09 Å². The molecule has 5 aliphatic rings. The zero-order chi connectivity index (χ0) is 35.3. The van der Waals surface area contributed by atoms with Crippen LogP contribution in [0.15, 0.2) is 47.6 Å². The van der Waals surface area contributed by atoms with Gasteiger partial charge in [0.25, 0.3) is 5.91 Å². The van der Waals surface area contributed by atoms with Crippen LogP contribution in [0.3, 0.4) is 0 Å². The number of allylic oxidation sites excluding steroid dienone is 1. The Kier molecular flexibility index (Phi) is 11.1. The molecule has 3 aliphatic carbocycles. The molecule has 1 aromatic rings. The quantitative estimate of drug-likeness (QED) is 0.187. The van der Waals surface area contributed by atoms with Crippen LogP contribution in [0.25, 0.3) is 0 Å². The minimum absolute atomic E-state index is 0.0308. The van der Waals surface area contributed by atoms with E-state index < -0.39 is 68.7 Å². The number of rotatable bonds is 10. The highest BCUT2D eigenvalue weighted by molar-refractivity contribution is 7.91. The highest BCUT2D eigenvalue weighted by atomic mass is 32.2. The number of oxime groups is 1. The standard InChI is InChI=1S/C36H49N5O8S/c1-2-12-29(24-13-7-6-8-14-24)39-49-27-21-31-32(42)38-36(34(44)40-50(46,47)28-19-20-28)22-25(36)15-9-4-3-5-10-18-30(33(43)41(31)23-27)37-35(45)48-26-16-11-17-26/h6-9,13-15,25-28,30-31H,2-5,10-12,16-23H2,1H3,(H,37,45)(H,38,42)(H,40,44)/b15-9-,39-29+/t25?,27-,30+,31+,36-/m1/s1. The third-order valence-corrected chi connectivity index (χ3v) is 12.2. The summed E-state index contributed by atoms with van der Waals surface area (Å²) in [6.07, 6.45) is 11.1. The first-order chi connectivity index (χ1) is 24.1. The number of nitrogens with zero attached hydrogens (tertiary/aromatic N) is 2. The van der Waals surface area contributed by atoms with Crippen LogP contribution in [0.4, 0.5) is 4.79 Å². The van der Waals surface area contributed by atoms with Gasteiger partial charge in [0, 0.05) is 12.3 Å². The Hall–Kier alpha value is -3.94. The maximum atomic E-state index is 14.3. The monoisotopic (exact) mass is 711 g/mol. The number of ether oxygens (including phenoxy) is 1. The molecule has 0 spiro atoms. The predicted molar refractivity (Wildman–Crippen MR) is 185 cm³/mol. The summed E-state index contributed by atoms with van der Waals surface area (Å²) in [5.74, 6) is -2.20. The van der Waals surface area contributed by atoms with Gasteiger partial charge in [0.2, 0.25) is 21.8 Å². The summed E-state index contributed by atoms with van der Waals surface area (Å²) in [5.41, 5.74) is 0.187. The predicted octanol–water partition coefficient (Wildman–Crippen LogP) is 3.83. The van der Waals surface area contributed by atoms with Crippen molar-refractivity contribution in [1.29, 1.82) is 0 Å². The van der Waals surface area contributed by atoms with E-state index in [0.29, 0.717) is 32.1 Å². The summed E-state index contributed by atoms with van der Waals surface area (Å²) < 4.78 is 33.3. The van der Waals surface area contributed by atoms with Gasteiger partial charge in [-0.05, 0) is 69.8 Å². The Balaban J connectivity index is 1.26. The van der Waals surface area contributed by atoms with E-state index in [9.17, 15) is 27.6 Å². The second kappa shape index (κ2) is 15.5. The molecule has 3 saturated carbocycles. The molecule has 4 amide bonds. The summed E-state index contributed by atoms with van der Waals surface area (Å²) in [4.78, 5) is 62.5. The van der Waals surface area contributed by atoms with Crippen LogP contribution in [-0.2, 0) is 34.0 Å². The topological polar surface area (TPSA) is 173 Å². The molecular weight excluding hydrogens is 662 g/mol. The molecule has 0 aromatic heterocycles. The number of carbonyl (C=O) groups excluding carboxylic acids is 4. The van der Waals surface area contributed by atoms with Gasteiger partial charge in [0.1, 0.15) is 29.8 Å². The van der Waals surface area contributed by atoms with Crippen molar-refractivity contribution in [2.45, 2.75) is 132 Å². The molecule has 2 aliphatic heterocycles. The smallest absolute Gasteiger partial charge is 0.408 e. The van der Waals surface area contributed by atoms with Crippen LogP contribution in [-0.4, -0.2) is 84.5 Å². The fourth-order valence-corrected chi connectivity index (χ4v) is 8.27. The number of nitrogens with one attached hydrogen (secondary N) is 3. The summed E-state index contributed by atoms with van der Waals surface area (Å²) in [7, 11) is -3.86. The molecule has 13 nitrogen and oxygen atoms in total. The largest absolute Gasteiger partial charge is 0.446 e. The molecule has 3 N–H and O–H groups in total. The lowest BCUT2D eigenvalue weighted by Crippen LogP contribution is -2.58. The van der Waals surface area contributed by atoms with Gasteiger partial charge in [-0.25, -0.2) is 13.2 Å². The van der Waals surface area contributed by atoms with Crippen molar-refractivity contribution in [3.05, 3.63) is 48.0 Å². The Morgan fingerprint density at radius 2 is 1.80 bits per heavy atom. The van der Waals surface area contributed by atoms with E-state index >= 15 is 0 Å². The number of carbonyl (C=O) groups is 4. The molecule has 14 heteroatoms. The Labute approximate surface area is 294 Å². The first-order valence-electron chi connectivity index (χ1n) is 18.2. The van der Waals surface area contributed by atoms with Crippen molar-refractivity contribution in [2.75, 3.05) is 6.54 Å². The molecular formula is C36H49N5O8S. The van der Waals surface area contributed by atoms with E-state index in [1.807, 2.05) is 49.4 Å². The van der Waals surface area contributed by atoms with Crippen LogP contribution in [0.1, 0.15) is 102 Å². The number of hydrogen-bond acceptors (Lipinski definition) is 9. The molecule has 1 aromatic carbocycles. The van der Waals surface area contributed by atoms with Crippen LogP contribution in [0.2, 0.25) is 0 Å². The van der Waals surface area contributed by atoms with E-state index in [4.69, 9.17) is 9.57 Å². The van der Waals surface area contributed by atoms with Crippen molar-refractivity contribution in [2.24, 2.45) is 11.1 Å². The molecule has 6 rings (SSSR count). The Morgan fingerprint density at radius 3 is 2.50 bits per heavy atom. The minimum Gasteiger partial charge on any atom is -0.446 e. The van der Waals surface area contributed by atoms with Gasteiger partial charge in [-0.15, -0.1) is 0 Å². The molecule has 2 heterocycles. The van der Waals surface area contributed by atoms with E-state index in [2.05, 4.69) is 20.5 Å². The van der Waals surface area contributed by atoms with Crippen LogP contribution in [0, 0.1) is 5.92 Å². The number of hydrogen-bond donors (Lipinski definition) is 3. The summed E-state index contributed by atoms with van der Waals surface area (Å²) in [6.45, 7) is 2.07. The zero-order valence-corrected chi connectivity index (χ0v) is 29.5. The van der Waals surface area contributed by atoms with Crippen molar-refractivity contribution < 1.29 is 37.2 Å². The highest BCUT2D eigenvalue weighted by Gasteiger charge is 2.62. The molecule has 4 fully saturated rings. The Morgan fingerprint density at radius 1 is 1.02 bits per heavy atom. The minimum atomic E-state index is -3.86. The number of benzene rings is 1. The maximum absolute atomic E-state index is 14.3. The summed E-state index contributed by atoms with van der Waals surface area (Å²) >= 11 is 0. The lowest BCUT2D eigenvalue weighted by Gasteiger charge is -2.30. The fourth-order valence-electron chi connectivity index (χ4n) is 6.90. The van der Waals surface area contributed by atoms with Crippen molar-refractivity contribution >= 4 is 39.5 Å². The van der Waals surface area contributed by atoms with Gasteiger partial charge in [-0.2, -0.15) is 0 Å². The van der Waals surface area contributed by atoms with E-state index in [1.165, 1.54) is 4.90 Å². The van der Waals surface area contributed by atoms with Gasteiger partial charge in [-0.3, -0.25) is 19.1 Å². The number of fused-ring (bicyclic) bond motifs is 2. The normalized spacial score (nSPS) is 29.9. The van der Waals surface area contributed by atoms with Gasteiger partial charge in [0.15, 0.2) is 0 Å². The average molecular weight is 712 g/mol. The zero-order valence-electron chi connectivity index (χ0n) is 28.7. The van der Waals surface area contributed by atoms with Crippen molar-refractivity contribution in [3.8, 4) is 0 Å². The molecule has 50 heavy (non-hydrogen) atoms. The van der Waals surface area contributed by atoms with Gasteiger partial charge < -0.3 is 25.1 Å². The lowest BCUT2D eigenvalue weighted by molar-refractivity contribution is -0.141. The molecule has 1 saturated heterocycles. The molecule has 5 atom stereocenters. The lowest BCUT2D eigenvalue weighted by atomic mass is 9.96. The number of amides is 4. The first kappa shape index (κ1) is 35.9. The molecule has 0 bridgehead atoms.